The van der Waals surface area contributed by atoms with Crippen LogP contribution in [0.3, 0.4) is 0 Å². The van der Waals surface area contributed by atoms with Gasteiger partial charge in [-0.15, -0.1) is 0 Å². The number of ether oxygens (including phenoxy) is 3. The summed E-state index contributed by atoms with van der Waals surface area (Å²) in [6, 6.07) is 12.5. The predicted molar refractivity (Wildman–Crippen MR) is 102 cm³/mol. The number of nitrogens with one attached hydrogen (secondary N) is 1. The van der Waals surface area contributed by atoms with Gasteiger partial charge in [0.1, 0.15) is 12.4 Å². The molecule has 0 spiro atoms. The summed E-state index contributed by atoms with van der Waals surface area (Å²) >= 11 is 0. The van der Waals surface area contributed by atoms with E-state index in [4.69, 9.17) is 24.9 Å². The van der Waals surface area contributed by atoms with E-state index in [0.717, 1.165) is 22.1 Å². The van der Waals surface area contributed by atoms with Gasteiger partial charge in [-0.25, -0.2) is 9.59 Å². The van der Waals surface area contributed by atoms with Gasteiger partial charge in [0.2, 0.25) is 0 Å². The lowest BCUT2D eigenvalue weighted by molar-refractivity contribution is 0.0595. The van der Waals surface area contributed by atoms with Crippen molar-refractivity contribution >= 4 is 33.7 Å². The van der Waals surface area contributed by atoms with E-state index in [1.165, 1.54) is 7.11 Å². The van der Waals surface area contributed by atoms with Gasteiger partial charge >= 0.3 is 12.1 Å². The molecule has 0 aliphatic carbocycles. The number of benzene rings is 2. The van der Waals surface area contributed by atoms with E-state index in [2.05, 4.69) is 5.32 Å². The van der Waals surface area contributed by atoms with Crippen LogP contribution in [0, 0.1) is 0 Å². The number of esters is 1. The van der Waals surface area contributed by atoms with Crippen LogP contribution in [0.15, 0.2) is 47.4 Å². The Kier molecular flexibility index (Phi) is 6.47. The molecule has 2 aromatic carbocycles. The Morgan fingerprint density at radius 2 is 2.07 bits per heavy atom. The predicted octanol–water partition coefficient (Wildman–Crippen LogP) is 4.47. The van der Waals surface area contributed by atoms with Gasteiger partial charge in [-0.05, 0) is 39.4 Å². The minimum Gasteiger partial charge on any atom is -0.493 e. The normalized spacial score (nSPS) is 15.3. The van der Waals surface area contributed by atoms with Crippen LogP contribution in [-0.2, 0) is 16.1 Å². The average molecular weight is 408 g/mol. The first kappa shape index (κ1) is 19.4. The van der Waals surface area contributed by atoms with Crippen LogP contribution in [-0.4, -0.2) is 25.8 Å². The maximum Gasteiger partial charge on any atom is 0.407 e. The number of hydrogen-bond acceptors (Lipinski definition) is 6. The first-order chi connectivity index (χ1) is 13.1. The number of rotatable bonds is 5. The molecule has 27 heavy (non-hydrogen) atoms. The molecule has 6 nitrogen and oxygen atoms in total. The Balaban J connectivity index is 1.73. The molecule has 3 rings (SSSR count). The summed E-state index contributed by atoms with van der Waals surface area (Å²) in [5, 5.41) is 2.85. The zero-order valence-corrected chi connectivity index (χ0v) is 16.1. The molecule has 0 unspecified atom stereocenters. The fourth-order valence-corrected chi connectivity index (χ4v) is 3.59. The number of hydrogen-bond donors (Lipinski definition) is 1. The second kappa shape index (κ2) is 9.01. The van der Waals surface area contributed by atoms with Gasteiger partial charge in [-0.2, -0.15) is 0 Å². The van der Waals surface area contributed by atoms with Crippen LogP contribution in [0.1, 0.15) is 33.9 Å². The maximum atomic E-state index is 12.2. The Morgan fingerprint density at radius 1 is 1.30 bits per heavy atom. The lowest BCUT2D eigenvalue weighted by atomic mass is 9.99. The van der Waals surface area contributed by atoms with Crippen LogP contribution >= 0.6 is 21.7 Å². The van der Waals surface area contributed by atoms with Crippen molar-refractivity contribution in [1.82, 2.24) is 5.32 Å². The lowest BCUT2D eigenvalue weighted by Crippen LogP contribution is -2.32. The van der Waals surface area contributed by atoms with Crippen LogP contribution in [0.2, 0.25) is 0 Å². The molecule has 142 valence electrons. The highest BCUT2D eigenvalue weighted by Gasteiger charge is 2.27. The van der Waals surface area contributed by atoms with E-state index < -0.39 is 12.1 Å². The Hall–Kier alpha value is -2.38. The Labute approximate surface area is 165 Å². The molecule has 0 bridgehead atoms. The van der Waals surface area contributed by atoms with Crippen molar-refractivity contribution in [2.75, 3.05) is 13.7 Å². The van der Waals surface area contributed by atoms with Crippen molar-refractivity contribution in [1.29, 1.82) is 0 Å². The molecule has 0 fully saturated rings. The van der Waals surface area contributed by atoms with Crippen molar-refractivity contribution in [2.45, 2.75) is 24.0 Å². The molecule has 1 amide bonds. The Morgan fingerprint density at radius 3 is 2.78 bits per heavy atom. The number of fused-ring (bicyclic) bond motifs is 1. The molecule has 0 radical (unpaired) electrons. The van der Waals surface area contributed by atoms with E-state index in [0.29, 0.717) is 29.2 Å². The highest BCUT2D eigenvalue weighted by atomic mass is 35.7. The van der Waals surface area contributed by atoms with Gasteiger partial charge < -0.3 is 19.5 Å². The van der Waals surface area contributed by atoms with Crippen molar-refractivity contribution in [3.63, 3.8) is 0 Å². The third-order valence-corrected chi connectivity index (χ3v) is 5.15. The van der Waals surface area contributed by atoms with Crippen molar-refractivity contribution in [2.24, 2.45) is 0 Å². The SMILES string of the molecule is COC(=O)c1cc2c(cc1SCl)[C@@H](NC(=O)OCc1ccccc1)CCO2. The largest absolute Gasteiger partial charge is 0.493 e. The summed E-state index contributed by atoms with van der Waals surface area (Å²) in [6.45, 7) is 0.595. The number of carbonyl (C=O) groups excluding carboxylic acids is 2. The molecule has 1 aliphatic heterocycles. The Bertz CT molecular complexity index is 830. The molecule has 8 heteroatoms. The van der Waals surface area contributed by atoms with Gasteiger partial charge in [0, 0.05) is 16.9 Å². The molecule has 0 saturated carbocycles. The summed E-state index contributed by atoms with van der Waals surface area (Å²) in [7, 11) is 8.12. The highest BCUT2D eigenvalue weighted by Crippen LogP contribution is 2.39. The quantitative estimate of drug-likeness (QED) is 0.737. The fraction of sp³-hybridized carbons (Fsp3) is 0.263. The number of alkyl carbamates (subject to hydrolysis) is 1. The van der Waals surface area contributed by atoms with Gasteiger partial charge in [0.25, 0.3) is 0 Å². The zero-order chi connectivity index (χ0) is 19.2. The van der Waals surface area contributed by atoms with Gasteiger partial charge in [0.05, 0.1) is 25.3 Å². The van der Waals surface area contributed by atoms with E-state index in [1.54, 1.807) is 12.1 Å². The summed E-state index contributed by atoms with van der Waals surface area (Å²) in [6.07, 6.45) is 0.0611. The van der Waals surface area contributed by atoms with E-state index in [1.807, 2.05) is 30.3 Å². The molecular weight excluding hydrogens is 390 g/mol. The topological polar surface area (TPSA) is 73.9 Å². The van der Waals surface area contributed by atoms with Crippen LogP contribution in [0.25, 0.3) is 0 Å². The molecule has 0 saturated heterocycles. The van der Waals surface area contributed by atoms with Gasteiger partial charge in [0.15, 0.2) is 0 Å². The third-order valence-electron chi connectivity index (χ3n) is 4.14. The smallest absolute Gasteiger partial charge is 0.407 e. The second-order valence-electron chi connectivity index (χ2n) is 5.85. The molecule has 1 aliphatic rings. The molecule has 1 atom stereocenters. The van der Waals surface area contributed by atoms with E-state index in [9.17, 15) is 9.59 Å². The zero-order valence-electron chi connectivity index (χ0n) is 14.6. The van der Waals surface area contributed by atoms with Crippen LogP contribution in [0.4, 0.5) is 4.79 Å². The first-order valence-electron chi connectivity index (χ1n) is 8.27. The number of amides is 1. The lowest BCUT2D eigenvalue weighted by Gasteiger charge is -2.27. The maximum absolute atomic E-state index is 12.2. The van der Waals surface area contributed by atoms with Crippen molar-refractivity contribution in [3.05, 3.63) is 59.2 Å². The van der Waals surface area contributed by atoms with Crippen molar-refractivity contribution < 1.29 is 23.8 Å². The van der Waals surface area contributed by atoms with Gasteiger partial charge in [-0.1, -0.05) is 30.3 Å². The van der Waals surface area contributed by atoms with Gasteiger partial charge in [-0.3, -0.25) is 0 Å². The third kappa shape index (κ3) is 4.67. The van der Waals surface area contributed by atoms with Crippen molar-refractivity contribution in [3.8, 4) is 5.75 Å². The number of carbonyl (C=O) groups is 2. The molecule has 0 aromatic heterocycles. The molecule has 2 aromatic rings. The monoisotopic (exact) mass is 407 g/mol. The number of halogens is 1. The summed E-state index contributed by atoms with van der Waals surface area (Å²) in [5.41, 5.74) is 1.97. The second-order valence-corrected chi connectivity index (χ2v) is 6.91. The van der Waals surface area contributed by atoms with Crippen LogP contribution < -0.4 is 10.1 Å². The van der Waals surface area contributed by atoms with E-state index in [-0.39, 0.29) is 12.6 Å². The van der Waals surface area contributed by atoms with Crippen LogP contribution in [0.5, 0.6) is 5.75 Å². The van der Waals surface area contributed by atoms with E-state index >= 15 is 0 Å². The minimum atomic E-state index is -0.520. The highest BCUT2D eigenvalue weighted by molar-refractivity contribution is 8.21. The first-order valence-corrected chi connectivity index (χ1v) is 9.91. The summed E-state index contributed by atoms with van der Waals surface area (Å²) in [5.74, 6) is 0.0198. The summed E-state index contributed by atoms with van der Waals surface area (Å²) < 4.78 is 15.7. The molecule has 1 heterocycles. The fourth-order valence-electron chi connectivity index (χ4n) is 2.81. The standard InChI is InChI=1S/C19H18ClNO5S/c1-24-18(22)14-9-16-13(10-17(14)27-20)15(7-8-25-16)21-19(23)26-11-12-5-3-2-4-6-12/h2-6,9-10,15H,7-8,11H2,1H3,(H,21,23)/t15-/m0/s1. The summed E-state index contributed by atoms with van der Waals surface area (Å²) in [4.78, 5) is 24.6. The minimum absolute atomic E-state index is 0.187. The molecule has 1 N–H and O–H groups in total. The average Bonchev–Trinajstić information content (AvgIpc) is 2.71. The number of methoxy groups -OCH3 is 1. The molecular formula is C19H18ClNO5S.